The van der Waals surface area contributed by atoms with Crippen LogP contribution in [0.15, 0.2) is 24.3 Å². The monoisotopic (exact) mass is 265 g/mol. The minimum Gasteiger partial charge on any atom is -0.481 e. The number of carbonyl (C=O) groups is 2. The fourth-order valence-corrected chi connectivity index (χ4v) is 2.40. The fourth-order valence-electron chi connectivity index (χ4n) is 2.40. The molecule has 4 nitrogen and oxygen atoms in total. The fraction of sp³-hybridized carbons (Fsp3) is 0.429. The summed E-state index contributed by atoms with van der Waals surface area (Å²) in [5.74, 6) is -1.63. The molecule has 1 aliphatic rings. The first kappa shape index (κ1) is 13.5. The SMILES string of the molecule is O=C(Cc1ccc(F)cc1)N[C@H]1CC[C@H](C(=O)O)C1. The molecule has 0 bridgehead atoms. The van der Waals surface area contributed by atoms with Crippen molar-refractivity contribution in [3.63, 3.8) is 0 Å². The van der Waals surface area contributed by atoms with Crippen molar-refractivity contribution in [2.75, 3.05) is 0 Å². The standard InChI is InChI=1S/C14H16FNO3/c15-11-4-1-9(2-5-11)7-13(17)16-12-6-3-10(8-12)14(18)19/h1-2,4-5,10,12H,3,6-8H2,(H,16,17)(H,18,19)/t10-,12-/m0/s1. The molecule has 2 atom stereocenters. The average Bonchev–Trinajstić information content (AvgIpc) is 2.80. The van der Waals surface area contributed by atoms with Crippen molar-refractivity contribution in [3.05, 3.63) is 35.6 Å². The quantitative estimate of drug-likeness (QED) is 0.871. The van der Waals surface area contributed by atoms with Crippen LogP contribution in [0.2, 0.25) is 0 Å². The van der Waals surface area contributed by atoms with Gasteiger partial charge in [0, 0.05) is 6.04 Å². The van der Waals surface area contributed by atoms with E-state index in [2.05, 4.69) is 5.32 Å². The zero-order chi connectivity index (χ0) is 13.8. The largest absolute Gasteiger partial charge is 0.481 e. The van der Waals surface area contributed by atoms with Gasteiger partial charge < -0.3 is 10.4 Å². The summed E-state index contributed by atoms with van der Waals surface area (Å²) in [4.78, 5) is 22.6. The summed E-state index contributed by atoms with van der Waals surface area (Å²) >= 11 is 0. The first-order valence-electron chi connectivity index (χ1n) is 6.31. The molecule has 1 fully saturated rings. The molecule has 0 heterocycles. The number of rotatable bonds is 4. The van der Waals surface area contributed by atoms with Gasteiger partial charge in [-0.2, -0.15) is 0 Å². The lowest BCUT2D eigenvalue weighted by Crippen LogP contribution is -2.34. The molecule has 102 valence electrons. The Labute approximate surface area is 110 Å². The third-order valence-corrected chi connectivity index (χ3v) is 3.42. The molecular weight excluding hydrogens is 249 g/mol. The van der Waals surface area contributed by atoms with Crippen LogP contribution in [0.25, 0.3) is 0 Å². The van der Waals surface area contributed by atoms with E-state index in [0.717, 1.165) is 5.56 Å². The van der Waals surface area contributed by atoms with Gasteiger partial charge >= 0.3 is 5.97 Å². The first-order valence-corrected chi connectivity index (χ1v) is 6.31. The zero-order valence-electron chi connectivity index (χ0n) is 10.4. The third kappa shape index (κ3) is 3.77. The van der Waals surface area contributed by atoms with Gasteiger partial charge in [-0.05, 0) is 37.0 Å². The van der Waals surface area contributed by atoms with E-state index in [1.165, 1.54) is 12.1 Å². The Bertz CT molecular complexity index is 472. The lowest BCUT2D eigenvalue weighted by molar-refractivity contribution is -0.141. The number of carboxylic acid groups (broad SMARTS) is 1. The van der Waals surface area contributed by atoms with Crippen LogP contribution in [0.1, 0.15) is 24.8 Å². The molecule has 2 N–H and O–H groups in total. The van der Waals surface area contributed by atoms with E-state index in [1.54, 1.807) is 12.1 Å². The van der Waals surface area contributed by atoms with Crippen LogP contribution >= 0.6 is 0 Å². The molecule has 0 unspecified atom stereocenters. The Morgan fingerprint density at radius 1 is 1.26 bits per heavy atom. The molecule has 5 heteroatoms. The van der Waals surface area contributed by atoms with Crippen molar-refractivity contribution < 1.29 is 19.1 Å². The maximum absolute atomic E-state index is 12.7. The average molecular weight is 265 g/mol. The van der Waals surface area contributed by atoms with Crippen molar-refractivity contribution in [2.45, 2.75) is 31.7 Å². The summed E-state index contributed by atoms with van der Waals surface area (Å²) in [5.41, 5.74) is 0.742. The molecule has 1 saturated carbocycles. The molecule has 0 radical (unpaired) electrons. The summed E-state index contributed by atoms with van der Waals surface area (Å²) in [6, 6.07) is 5.72. The van der Waals surface area contributed by atoms with Gasteiger partial charge in [-0.1, -0.05) is 12.1 Å². The van der Waals surface area contributed by atoms with Gasteiger partial charge in [0.25, 0.3) is 0 Å². The van der Waals surface area contributed by atoms with E-state index in [1.807, 2.05) is 0 Å². The second-order valence-electron chi connectivity index (χ2n) is 4.92. The summed E-state index contributed by atoms with van der Waals surface area (Å²) in [6.45, 7) is 0. The van der Waals surface area contributed by atoms with Crippen molar-refractivity contribution in [3.8, 4) is 0 Å². The molecule has 19 heavy (non-hydrogen) atoms. The Balaban J connectivity index is 1.82. The number of amides is 1. The van der Waals surface area contributed by atoms with Crippen molar-refractivity contribution in [1.82, 2.24) is 5.32 Å². The maximum atomic E-state index is 12.7. The summed E-state index contributed by atoms with van der Waals surface area (Å²) in [7, 11) is 0. The highest BCUT2D eigenvalue weighted by Gasteiger charge is 2.30. The Hall–Kier alpha value is -1.91. The third-order valence-electron chi connectivity index (χ3n) is 3.42. The van der Waals surface area contributed by atoms with Crippen LogP contribution in [0.4, 0.5) is 4.39 Å². The van der Waals surface area contributed by atoms with E-state index >= 15 is 0 Å². The van der Waals surface area contributed by atoms with E-state index in [-0.39, 0.29) is 30.1 Å². The van der Waals surface area contributed by atoms with Gasteiger partial charge in [-0.25, -0.2) is 4.39 Å². The Morgan fingerprint density at radius 2 is 1.95 bits per heavy atom. The minimum absolute atomic E-state index is 0.0611. The number of carbonyl (C=O) groups excluding carboxylic acids is 1. The topological polar surface area (TPSA) is 66.4 Å². The summed E-state index contributed by atoms with van der Waals surface area (Å²) in [5, 5.41) is 11.7. The number of nitrogens with one attached hydrogen (secondary N) is 1. The smallest absolute Gasteiger partial charge is 0.306 e. The molecule has 1 aliphatic carbocycles. The zero-order valence-corrected chi connectivity index (χ0v) is 10.4. The number of hydrogen-bond acceptors (Lipinski definition) is 2. The number of hydrogen-bond donors (Lipinski definition) is 2. The second kappa shape index (κ2) is 5.82. The summed E-state index contributed by atoms with van der Waals surface area (Å²) < 4.78 is 12.7. The molecule has 1 aromatic carbocycles. The lowest BCUT2D eigenvalue weighted by Gasteiger charge is -2.12. The van der Waals surface area contributed by atoms with Gasteiger partial charge in [0.05, 0.1) is 12.3 Å². The highest BCUT2D eigenvalue weighted by Crippen LogP contribution is 2.25. The van der Waals surface area contributed by atoms with Gasteiger partial charge in [-0.3, -0.25) is 9.59 Å². The first-order chi connectivity index (χ1) is 9.04. The van der Waals surface area contributed by atoms with Gasteiger partial charge in [0.2, 0.25) is 5.91 Å². The number of carboxylic acids is 1. The molecule has 0 saturated heterocycles. The molecule has 2 rings (SSSR count). The number of halogens is 1. The van der Waals surface area contributed by atoms with Crippen LogP contribution in [0, 0.1) is 11.7 Å². The van der Waals surface area contributed by atoms with E-state index in [4.69, 9.17) is 5.11 Å². The highest BCUT2D eigenvalue weighted by atomic mass is 19.1. The van der Waals surface area contributed by atoms with Gasteiger partial charge in [0.1, 0.15) is 5.82 Å². The van der Waals surface area contributed by atoms with Crippen LogP contribution in [0.3, 0.4) is 0 Å². The molecule has 0 aliphatic heterocycles. The van der Waals surface area contributed by atoms with Gasteiger partial charge in [-0.15, -0.1) is 0 Å². The molecule has 0 aromatic heterocycles. The lowest BCUT2D eigenvalue weighted by atomic mass is 10.1. The molecular formula is C14H16FNO3. The van der Waals surface area contributed by atoms with Crippen LogP contribution in [-0.2, 0) is 16.0 Å². The van der Waals surface area contributed by atoms with Gasteiger partial charge in [0.15, 0.2) is 0 Å². The molecule has 1 aromatic rings. The van der Waals surface area contributed by atoms with Crippen molar-refractivity contribution >= 4 is 11.9 Å². The van der Waals surface area contributed by atoms with Crippen LogP contribution in [-0.4, -0.2) is 23.0 Å². The van der Waals surface area contributed by atoms with Crippen LogP contribution < -0.4 is 5.32 Å². The normalized spacial score (nSPS) is 22.2. The highest BCUT2D eigenvalue weighted by molar-refractivity contribution is 5.79. The van der Waals surface area contributed by atoms with Crippen LogP contribution in [0.5, 0.6) is 0 Å². The van der Waals surface area contributed by atoms with E-state index < -0.39 is 5.97 Å². The molecule has 0 spiro atoms. The summed E-state index contributed by atoms with van der Waals surface area (Å²) in [6.07, 6.45) is 1.99. The van der Waals surface area contributed by atoms with Crippen molar-refractivity contribution in [2.24, 2.45) is 5.92 Å². The minimum atomic E-state index is -0.796. The molecule has 1 amide bonds. The predicted octanol–water partition coefficient (Wildman–Crippen LogP) is 1.74. The Morgan fingerprint density at radius 3 is 2.53 bits per heavy atom. The van der Waals surface area contributed by atoms with E-state index in [9.17, 15) is 14.0 Å². The van der Waals surface area contributed by atoms with E-state index in [0.29, 0.717) is 19.3 Å². The Kier molecular flexibility index (Phi) is 4.14. The predicted molar refractivity (Wildman–Crippen MR) is 67.0 cm³/mol. The number of benzene rings is 1. The second-order valence-corrected chi connectivity index (χ2v) is 4.92. The number of aliphatic carboxylic acids is 1. The maximum Gasteiger partial charge on any atom is 0.306 e. The van der Waals surface area contributed by atoms with Crippen molar-refractivity contribution in [1.29, 1.82) is 0 Å².